The molecule has 2 aromatic rings. The zero-order chi connectivity index (χ0) is 13.0. The predicted octanol–water partition coefficient (Wildman–Crippen LogP) is 3.69. The summed E-state index contributed by atoms with van der Waals surface area (Å²) in [5.74, 6) is 2.96. The Kier molecular flexibility index (Phi) is 3.64. The van der Waals surface area contributed by atoms with E-state index in [2.05, 4.69) is 12.0 Å². The summed E-state index contributed by atoms with van der Waals surface area (Å²) in [4.78, 5) is 0. The lowest BCUT2D eigenvalue weighted by Crippen LogP contribution is -2.07. The monoisotopic (exact) mass is 239 g/mol. The number of terminal acetylenes is 1. The second kappa shape index (κ2) is 5.37. The van der Waals surface area contributed by atoms with Gasteiger partial charge in [0.1, 0.15) is 11.6 Å². The van der Waals surface area contributed by atoms with E-state index in [1.54, 1.807) is 30.3 Å². The number of halogens is 1. The maximum absolute atomic E-state index is 13.0. The van der Waals surface area contributed by atoms with Crippen molar-refractivity contribution >= 4 is 0 Å². The third-order valence-corrected chi connectivity index (χ3v) is 2.61. The first-order chi connectivity index (χ1) is 8.70. The fourth-order valence-corrected chi connectivity index (χ4v) is 1.71. The second-order valence-electron chi connectivity index (χ2n) is 3.90. The van der Waals surface area contributed by atoms with Crippen molar-refractivity contribution in [2.45, 2.75) is 13.0 Å². The van der Waals surface area contributed by atoms with Crippen LogP contribution in [-0.4, -0.2) is 0 Å². The molecule has 0 amide bonds. The second-order valence-corrected chi connectivity index (χ2v) is 3.90. The van der Waals surface area contributed by atoms with Crippen LogP contribution in [0.4, 0.5) is 4.39 Å². The highest BCUT2D eigenvalue weighted by Crippen LogP contribution is 2.24. The zero-order valence-electron chi connectivity index (χ0n) is 9.98. The van der Waals surface area contributed by atoms with Gasteiger partial charge in [-0.3, -0.25) is 0 Å². The normalized spacial score (nSPS) is 11.6. The minimum absolute atomic E-state index is 0.277. The molecule has 0 aliphatic heterocycles. The van der Waals surface area contributed by atoms with Gasteiger partial charge in [-0.25, -0.2) is 4.39 Å². The smallest absolute Gasteiger partial charge is 0.184 e. The third-order valence-electron chi connectivity index (χ3n) is 2.61. The van der Waals surface area contributed by atoms with E-state index < -0.39 is 6.10 Å². The van der Waals surface area contributed by atoms with Crippen LogP contribution in [-0.2, 0) is 0 Å². The zero-order valence-corrected chi connectivity index (χ0v) is 9.98. The van der Waals surface area contributed by atoms with Gasteiger partial charge < -0.3 is 4.74 Å². The Morgan fingerprint density at radius 1 is 1.28 bits per heavy atom. The molecule has 1 unspecified atom stereocenters. The highest BCUT2D eigenvalue weighted by molar-refractivity contribution is 5.34. The van der Waals surface area contributed by atoms with Crippen molar-refractivity contribution in [3.63, 3.8) is 0 Å². The van der Waals surface area contributed by atoms with Crippen molar-refractivity contribution in [1.82, 2.24) is 0 Å². The van der Waals surface area contributed by atoms with E-state index in [0.717, 1.165) is 11.1 Å². The molecule has 89 valence electrons. The standard InChI is InChI=1S/C16H12FO/c1-3-16(18-14-7-5-4-6-8-14)15-10-9-13(17)11-12(15)2/h1,5-11,16H,2H3. The van der Waals surface area contributed by atoms with Gasteiger partial charge in [-0.1, -0.05) is 24.1 Å². The van der Waals surface area contributed by atoms with E-state index in [1.165, 1.54) is 12.1 Å². The van der Waals surface area contributed by atoms with Crippen LogP contribution in [0.2, 0.25) is 0 Å². The fraction of sp³-hybridized carbons (Fsp3) is 0.125. The van der Waals surface area contributed by atoms with E-state index in [9.17, 15) is 4.39 Å². The molecule has 0 bridgehead atoms. The molecule has 0 aliphatic carbocycles. The highest BCUT2D eigenvalue weighted by Gasteiger charge is 2.13. The summed E-state index contributed by atoms with van der Waals surface area (Å²) in [5.41, 5.74) is 1.58. The van der Waals surface area contributed by atoms with Gasteiger partial charge in [-0.05, 0) is 42.8 Å². The van der Waals surface area contributed by atoms with Crippen LogP contribution in [0.15, 0.2) is 42.5 Å². The van der Waals surface area contributed by atoms with Gasteiger partial charge in [0, 0.05) is 5.56 Å². The van der Waals surface area contributed by atoms with Gasteiger partial charge in [-0.2, -0.15) is 0 Å². The Labute approximate surface area is 106 Å². The Morgan fingerprint density at radius 3 is 2.61 bits per heavy atom. The molecule has 0 saturated heterocycles. The number of ether oxygens (including phenoxy) is 1. The quantitative estimate of drug-likeness (QED) is 0.742. The molecule has 2 aromatic carbocycles. The summed E-state index contributed by atoms with van der Waals surface area (Å²) in [5, 5.41) is 0. The number of rotatable bonds is 3. The highest BCUT2D eigenvalue weighted by atomic mass is 19.1. The fourth-order valence-electron chi connectivity index (χ4n) is 1.71. The number of aryl methyl sites for hydroxylation is 1. The van der Waals surface area contributed by atoms with Crippen LogP contribution in [0.25, 0.3) is 0 Å². The number of benzene rings is 2. The molecule has 0 aromatic heterocycles. The SMILES string of the molecule is C#CC(Oc1cc[c]cc1)c1ccc(F)cc1C. The molecule has 0 spiro atoms. The Bertz CT molecular complexity index is 569. The van der Waals surface area contributed by atoms with E-state index in [1.807, 2.05) is 6.92 Å². The minimum Gasteiger partial charge on any atom is -0.473 e. The van der Waals surface area contributed by atoms with Crippen molar-refractivity contribution in [2.75, 3.05) is 0 Å². The topological polar surface area (TPSA) is 9.23 Å². The average molecular weight is 239 g/mol. The Hall–Kier alpha value is -2.27. The summed E-state index contributed by atoms with van der Waals surface area (Å²) in [6.07, 6.45) is 4.96. The van der Waals surface area contributed by atoms with Crippen LogP contribution in [0.3, 0.4) is 0 Å². The van der Waals surface area contributed by atoms with Gasteiger partial charge in [0.2, 0.25) is 0 Å². The summed E-state index contributed by atoms with van der Waals surface area (Å²) >= 11 is 0. The summed E-state index contributed by atoms with van der Waals surface area (Å²) in [7, 11) is 0. The minimum atomic E-state index is -0.520. The molecule has 0 fully saturated rings. The molecule has 1 atom stereocenters. The average Bonchev–Trinajstić information content (AvgIpc) is 2.38. The van der Waals surface area contributed by atoms with E-state index in [-0.39, 0.29) is 5.82 Å². The largest absolute Gasteiger partial charge is 0.473 e. The molecule has 2 heteroatoms. The summed E-state index contributed by atoms with van der Waals surface area (Å²) in [6.45, 7) is 1.81. The van der Waals surface area contributed by atoms with Crippen LogP contribution in [0.1, 0.15) is 17.2 Å². The predicted molar refractivity (Wildman–Crippen MR) is 68.6 cm³/mol. The van der Waals surface area contributed by atoms with Crippen molar-refractivity contribution < 1.29 is 9.13 Å². The molecule has 0 aliphatic rings. The van der Waals surface area contributed by atoms with Crippen molar-refractivity contribution in [2.24, 2.45) is 0 Å². The molecule has 2 rings (SSSR count). The van der Waals surface area contributed by atoms with Crippen molar-refractivity contribution in [3.8, 4) is 18.1 Å². The van der Waals surface area contributed by atoms with E-state index >= 15 is 0 Å². The lowest BCUT2D eigenvalue weighted by Gasteiger charge is -2.16. The molecule has 18 heavy (non-hydrogen) atoms. The first kappa shape index (κ1) is 12.2. The number of hydrogen-bond acceptors (Lipinski definition) is 1. The van der Waals surface area contributed by atoms with Gasteiger partial charge in [0.25, 0.3) is 0 Å². The number of hydrogen-bond donors (Lipinski definition) is 0. The first-order valence-electron chi connectivity index (χ1n) is 5.55. The van der Waals surface area contributed by atoms with Crippen LogP contribution >= 0.6 is 0 Å². The lowest BCUT2D eigenvalue weighted by molar-refractivity contribution is 0.264. The molecule has 0 heterocycles. The first-order valence-corrected chi connectivity index (χ1v) is 5.55. The van der Waals surface area contributed by atoms with E-state index in [4.69, 9.17) is 11.2 Å². The molecule has 1 nitrogen and oxygen atoms in total. The van der Waals surface area contributed by atoms with Gasteiger partial charge in [-0.15, -0.1) is 6.42 Å². The molecular formula is C16H12FO. The Balaban J connectivity index is 2.27. The lowest BCUT2D eigenvalue weighted by atomic mass is 10.0. The van der Waals surface area contributed by atoms with Crippen LogP contribution in [0.5, 0.6) is 5.75 Å². The third kappa shape index (κ3) is 2.70. The molecule has 0 N–H and O–H groups in total. The van der Waals surface area contributed by atoms with Crippen molar-refractivity contribution in [1.29, 1.82) is 0 Å². The van der Waals surface area contributed by atoms with Crippen molar-refractivity contribution in [3.05, 3.63) is 65.5 Å². The molecule has 0 saturated carbocycles. The maximum Gasteiger partial charge on any atom is 0.184 e. The Morgan fingerprint density at radius 2 is 2.00 bits per heavy atom. The maximum atomic E-state index is 13.0. The summed E-state index contributed by atoms with van der Waals surface area (Å²) in [6, 6.07) is 14.5. The van der Waals surface area contributed by atoms with Gasteiger partial charge in [0.15, 0.2) is 6.10 Å². The van der Waals surface area contributed by atoms with Gasteiger partial charge in [0.05, 0.1) is 0 Å². The van der Waals surface area contributed by atoms with Crippen LogP contribution in [0, 0.1) is 31.2 Å². The molecular weight excluding hydrogens is 227 g/mol. The van der Waals surface area contributed by atoms with Crippen LogP contribution < -0.4 is 4.74 Å². The summed E-state index contributed by atoms with van der Waals surface area (Å²) < 4.78 is 18.7. The van der Waals surface area contributed by atoms with E-state index in [0.29, 0.717) is 5.75 Å². The molecule has 1 radical (unpaired) electrons. The van der Waals surface area contributed by atoms with Gasteiger partial charge >= 0.3 is 0 Å².